The normalized spacial score (nSPS) is 13.0. The molecule has 0 N–H and O–H groups in total. The summed E-state index contributed by atoms with van der Waals surface area (Å²) in [5.41, 5.74) is 23.2. The van der Waals surface area contributed by atoms with Crippen LogP contribution >= 0.6 is 0 Å². The van der Waals surface area contributed by atoms with Crippen LogP contribution in [0.4, 0.5) is 17.1 Å². The molecule has 0 saturated carbocycles. The van der Waals surface area contributed by atoms with E-state index in [1.807, 2.05) is 0 Å². The van der Waals surface area contributed by atoms with Gasteiger partial charge in [-0.2, -0.15) is 0 Å². The first-order valence-electron chi connectivity index (χ1n) is 22.5. The summed E-state index contributed by atoms with van der Waals surface area (Å²) in [5, 5.41) is 0. The maximum Gasteiger partial charge on any atom is 0.0714 e. The summed E-state index contributed by atoms with van der Waals surface area (Å²) in [4.78, 5) is 2.43. The molecule has 64 heavy (non-hydrogen) atoms. The van der Waals surface area contributed by atoms with E-state index in [0.29, 0.717) is 0 Å². The Bertz CT molecular complexity index is 3240. The summed E-state index contributed by atoms with van der Waals surface area (Å²) in [7, 11) is 0. The molecule has 2 aliphatic rings. The SMILES string of the molecule is c1ccc(-c2ccc(N(c3ccc(-c4cccc5c4CCc4ccccc4-5)cc3)c3cccc(C4(c5ccccc5)c5ccccc5-c5ccccc5-c5ccccc54)c3)cc2)cc1. The number of aryl methyl sites for hydroxylation is 1. The second-order valence-electron chi connectivity index (χ2n) is 17.1. The molecule has 2 aliphatic carbocycles. The zero-order valence-corrected chi connectivity index (χ0v) is 35.5. The van der Waals surface area contributed by atoms with Crippen molar-refractivity contribution in [3.05, 3.63) is 282 Å². The molecule has 10 aromatic carbocycles. The van der Waals surface area contributed by atoms with Crippen molar-refractivity contribution < 1.29 is 0 Å². The number of hydrogen-bond acceptors (Lipinski definition) is 1. The van der Waals surface area contributed by atoms with Gasteiger partial charge >= 0.3 is 0 Å². The van der Waals surface area contributed by atoms with Crippen molar-refractivity contribution in [3.8, 4) is 55.6 Å². The first kappa shape index (κ1) is 37.7. The van der Waals surface area contributed by atoms with Crippen molar-refractivity contribution in [1.82, 2.24) is 0 Å². The number of fused-ring (bicyclic) bond motifs is 8. The van der Waals surface area contributed by atoms with Gasteiger partial charge in [0.2, 0.25) is 0 Å². The van der Waals surface area contributed by atoms with Crippen molar-refractivity contribution in [2.75, 3.05) is 4.90 Å². The molecule has 0 aromatic heterocycles. The molecule has 10 aromatic rings. The zero-order chi connectivity index (χ0) is 42.5. The number of anilines is 3. The lowest BCUT2D eigenvalue weighted by atomic mass is 9.63. The van der Waals surface area contributed by atoms with E-state index in [1.54, 1.807) is 0 Å². The molecule has 12 rings (SSSR count). The Morgan fingerprint density at radius 3 is 1.41 bits per heavy atom. The molecule has 0 bridgehead atoms. The van der Waals surface area contributed by atoms with Gasteiger partial charge in [0.25, 0.3) is 0 Å². The number of rotatable bonds is 7. The van der Waals surface area contributed by atoms with Gasteiger partial charge in [0, 0.05) is 17.1 Å². The van der Waals surface area contributed by atoms with Gasteiger partial charge in [0.15, 0.2) is 0 Å². The van der Waals surface area contributed by atoms with E-state index in [2.05, 4.69) is 254 Å². The van der Waals surface area contributed by atoms with Crippen LogP contribution in [0.2, 0.25) is 0 Å². The van der Waals surface area contributed by atoms with E-state index in [1.165, 1.54) is 89.0 Å². The summed E-state index contributed by atoms with van der Waals surface area (Å²) >= 11 is 0. The van der Waals surface area contributed by atoms with Crippen molar-refractivity contribution >= 4 is 17.1 Å². The molecule has 1 nitrogen and oxygen atoms in total. The lowest BCUT2D eigenvalue weighted by Gasteiger charge is -2.39. The van der Waals surface area contributed by atoms with E-state index >= 15 is 0 Å². The van der Waals surface area contributed by atoms with Crippen LogP contribution in [0.15, 0.2) is 249 Å². The lowest BCUT2D eigenvalue weighted by molar-refractivity contribution is 0.751. The zero-order valence-electron chi connectivity index (χ0n) is 35.5. The van der Waals surface area contributed by atoms with Crippen LogP contribution in [0.25, 0.3) is 55.6 Å². The molecule has 0 spiro atoms. The predicted molar refractivity (Wildman–Crippen MR) is 268 cm³/mol. The molecular formula is C63H45N. The number of hydrogen-bond donors (Lipinski definition) is 0. The molecule has 1 heteroatoms. The van der Waals surface area contributed by atoms with Crippen LogP contribution in [-0.4, -0.2) is 0 Å². The largest absolute Gasteiger partial charge is 0.310 e. The van der Waals surface area contributed by atoms with Crippen LogP contribution < -0.4 is 4.90 Å². The molecule has 0 atom stereocenters. The van der Waals surface area contributed by atoms with Gasteiger partial charge in [-0.15, -0.1) is 0 Å². The van der Waals surface area contributed by atoms with Gasteiger partial charge in [0.05, 0.1) is 5.41 Å². The minimum atomic E-state index is -0.638. The Kier molecular flexibility index (Phi) is 9.27. The molecule has 0 amide bonds. The van der Waals surface area contributed by atoms with Crippen LogP contribution in [0.1, 0.15) is 33.4 Å². The van der Waals surface area contributed by atoms with Crippen molar-refractivity contribution in [3.63, 3.8) is 0 Å². The summed E-state index contributed by atoms with van der Waals surface area (Å²) < 4.78 is 0. The highest BCUT2D eigenvalue weighted by Gasteiger charge is 2.44. The van der Waals surface area contributed by atoms with Crippen molar-refractivity contribution in [2.45, 2.75) is 18.3 Å². The number of benzene rings is 10. The third-order valence-corrected chi connectivity index (χ3v) is 13.7. The third kappa shape index (κ3) is 6.15. The molecule has 0 saturated heterocycles. The smallest absolute Gasteiger partial charge is 0.0714 e. The summed E-state index contributed by atoms with van der Waals surface area (Å²) in [5.74, 6) is 0. The number of nitrogens with zero attached hydrogens (tertiary/aromatic N) is 1. The Morgan fingerprint density at radius 1 is 0.281 bits per heavy atom. The third-order valence-electron chi connectivity index (χ3n) is 13.7. The van der Waals surface area contributed by atoms with E-state index in [9.17, 15) is 0 Å². The highest BCUT2D eigenvalue weighted by atomic mass is 15.1. The maximum atomic E-state index is 2.45. The van der Waals surface area contributed by atoms with Gasteiger partial charge < -0.3 is 4.90 Å². The van der Waals surface area contributed by atoms with E-state index in [-0.39, 0.29) is 0 Å². The van der Waals surface area contributed by atoms with Crippen molar-refractivity contribution in [1.29, 1.82) is 0 Å². The molecule has 0 heterocycles. The second-order valence-corrected chi connectivity index (χ2v) is 17.1. The average molecular weight is 816 g/mol. The summed E-state index contributed by atoms with van der Waals surface area (Å²) in [6.45, 7) is 0. The minimum absolute atomic E-state index is 0.638. The standard InChI is InChI=1S/C63H45N/c1-3-17-44(18-4-1)45-33-38-50(39-34-45)64(51-40-35-47(36-41-51)54-29-16-30-55-53-24-8-7-19-46(53)37-42-58(54)55)52-23-15-22-49(43-52)63(48-20-5-2-6-21-48)61-31-13-11-27-59(61)56-25-9-10-26-57(56)60-28-12-14-32-62(60)63/h1-36,38-41,43H,37,42H2. The van der Waals surface area contributed by atoms with E-state index in [4.69, 9.17) is 0 Å². The highest BCUT2D eigenvalue weighted by Crippen LogP contribution is 2.55. The molecular weight excluding hydrogens is 771 g/mol. The monoisotopic (exact) mass is 815 g/mol. The quantitative estimate of drug-likeness (QED) is 0.155. The fourth-order valence-electron chi connectivity index (χ4n) is 10.9. The van der Waals surface area contributed by atoms with Gasteiger partial charge in [-0.25, -0.2) is 0 Å². The van der Waals surface area contributed by atoms with Gasteiger partial charge in [-0.05, 0) is 138 Å². The summed E-state index contributed by atoms with van der Waals surface area (Å²) in [6, 6.07) is 92.2. The fraction of sp³-hybridized carbons (Fsp3) is 0.0476. The van der Waals surface area contributed by atoms with Crippen LogP contribution in [0.3, 0.4) is 0 Å². The maximum absolute atomic E-state index is 2.45. The molecule has 0 aliphatic heterocycles. The Hall–Kier alpha value is -8.00. The Balaban J connectivity index is 1.05. The van der Waals surface area contributed by atoms with E-state index in [0.717, 1.165) is 29.9 Å². The van der Waals surface area contributed by atoms with Crippen molar-refractivity contribution in [2.24, 2.45) is 0 Å². The van der Waals surface area contributed by atoms with Gasteiger partial charge in [-0.3, -0.25) is 0 Å². The lowest BCUT2D eigenvalue weighted by Crippen LogP contribution is -2.32. The van der Waals surface area contributed by atoms with Crippen LogP contribution in [0, 0.1) is 0 Å². The molecule has 0 unspecified atom stereocenters. The first-order valence-corrected chi connectivity index (χ1v) is 22.5. The fourth-order valence-corrected chi connectivity index (χ4v) is 10.9. The van der Waals surface area contributed by atoms with Crippen LogP contribution in [0.5, 0.6) is 0 Å². The molecule has 0 radical (unpaired) electrons. The minimum Gasteiger partial charge on any atom is -0.310 e. The summed E-state index contributed by atoms with van der Waals surface area (Å²) in [6.07, 6.45) is 2.10. The molecule has 0 fully saturated rings. The average Bonchev–Trinajstić information content (AvgIpc) is 3.49. The highest BCUT2D eigenvalue weighted by molar-refractivity contribution is 5.93. The second kappa shape index (κ2) is 15.7. The predicted octanol–water partition coefficient (Wildman–Crippen LogP) is 16.3. The van der Waals surface area contributed by atoms with Crippen LogP contribution in [-0.2, 0) is 18.3 Å². The Labute approximate surface area is 376 Å². The van der Waals surface area contributed by atoms with E-state index < -0.39 is 5.41 Å². The topological polar surface area (TPSA) is 3.24 Å². The van der Waals surface area contributed by atoms with Gasteiger partial charge in [0.1, 0.15) is 0 Å². The first-order chi connectivity index (χ1) is 31.8. The Morgan fingerprint density at radius 2 is 0.750 bits per heavy atom. The molecule has 302 valence electrons. The van der Waals surface area contributed by atoms with Gasteiger partial charge in [-0.1, -0.05) is 212 Å².